The van der Waals surface area contributed by atoms with Crippen molar-refractivity contribution in [1.29, 1.82) is 0 Å². The van der Waals surface area contributed by atoms with Gasteiger partial charge in [-0.25, -0.2) is 4.57 Å². The van der Waals surface area contributed by atoms with E-state index in [1.807, 2.05) is 0 Å². The van der Waals surface area contributed by atoms with E-state index in [9.17, 15) is 4.57 Å². The Balaban J connectivity index is 3.20. The average Bonchev–Trinajstić information content (AvgIpc) is 2.43. The van der Waals surface area contributed by atoms with Crippen molar-refractivity contribution in [3.8, 4) is 0 Å². The van der Waals surface area contributed by atoms with Crippen molar-refractivity contribution in [2.45, 2.75) is 0 Å². The summed E-state index contributed by atoms with van der Waals surface area (Å²) in [6.45, 7) is 0. The van der Waals surface area contributed by atoms with Gasteiger partial charge in [0.25, 0.3) is 0 Å². The zero-order valence-corrected chi connectivity index (χ0v) is 13.7. The van der Waals surface area contributed by atoms with E-state index in [4.69, 9.17) is 50.9 Å². The van der Waals surface area contributed by atoms with E-state index in [1.165, 1.54) is 26.4 Å². The summed E-state index contributed by atoms with van der Waals surface area (Å²) >= 11 is 23.4. The third kappa shape index (κ3) is 4.02. The van der Waals surface area contributed by atoms with Gasteiger partial charge in [0.15, 0.2) is 5.76 Å². The fraction of sp³-hybridized carbons (Fsp3) is 0.200. The summed E-state index contributed by atoms with van der Waals surface area (Å²) in [6, 6.07) is 3.01. The number of phosphoric ester groups is 1. The smallest absolute Gasteiger partial charge is 0.402 e. The first-order valence-electron chi connectivity index (χ1n) is 4.74. The van der Waals surface area contributed by atoms with Gasteiger partial charge in [-0.1, -0.05) is 46.4 Å². The maximum absolute atomic E-state index is 11.9. The highest BCUT2D eigenvalue weighted by Gasteiger charge is 2.27. The maximum atomic E-state index is 11.9. The molecule has 1 aromatic rings. The molecule has 0 aromatic heterocycles. The van der Waals surface area contributed by atoms with Gasteiger partial charge < -0.3 is 4.52 Å². The lowest BCUT2D eigenvalue weighted by Gasteiger charge is -2.17. The first-order chi connectivity index (χ1) is 8.88. The van der Waals surface area contributed by atoms with Gasteiger partial charge in [-0.15, -0.1) is 0 Å². The first-order valence-corrected chi connectivity index (χ1v) is 7.77. The molecule has 0 aliphatic heterocycles. The van der Waals surface area contributed by atoms with Crippen LogP contribution in [0.25, 0.3) is 5.76 Å². The Kier molecular flexibility index (Phi) is 6.48. The third-order valence-electron chi connectivity index (χ3n) is 2.06. The lowest BCUT2D eigenvalue weighted by atomic mass is 10.2. The minimum Gasteiger partial charge on any atom is -0.402 e. The molecule has 0 fully saturated rings. The monoisotopic (exact) mass is 364 g/mol. The predicted molar refractivity (Wildman–Crippen MR) is 78.0 cm³/mol. The minimum atomic E-state index is -3.75. The largest absolute Gasteiger partial charge is 0.529 e. The van der Waals surface area contributed by atoms with Crippen LogP contribution in [0.1, 0.15) is 5.56 Å². The van der Waals surface area contributed by atoms with Gasteiger partial charge >= 0.3 is 7.82 Å². The Labute approximate surface area is 130 Å². The van der Waals surface area contributed by atoms with Crippen molar-refractivity contribution in [3.63, 3.8) is 0 Å². The van der Waals surface area contributed by atoms with Crippen molar-refractivity contribution in [3.05, 3.63) is 38.3 Å². The van der Waals surface area contributed by atoms with Crippen molar-refractivity contribution in [2.24, 2.45) is 0 Å². The van der Waals surface area contributed by atoms with Gasteiger partial charge in [0.05, 0.1) is 15.1 Å². The van der Waals surface area contributed by atoms with E-state index in [0.29, 0.717) is 5.56 Å². The van der Waals surface area contributed by atoms with Crippen LogP contribution >= 0.6 is 54.2 Å². The fourth-order valence-corrected chi connectivity index (χ4v) is 2.66. The molecule has 106 valence electrons. The van der Waals surface area contributed by atoms with Gasteiger partial charge in [-0.3, -0.25) is 9.05 Å². The van der Waals surface area contributed by atoms with Crippen molar-refractivity contribution < 1.29 is 18.1 Å². The van der Waals surface area contributed by atoms with Gasteiger partial charge in [0, 0.05) is 25.3 Å². The Morgan fingerprint density at radius 1 is 1.16 bits per heavy atom. The standard InChI is InChI=1S/C10H9Cl4O4P/c1-16-19(15,17-2)18-8(5-11)6-3-4-7(12)10(14)9(6)13/h3-5H,1-2H3. The number of benzene rings is 1. The zero-order valence-electron chi connectivity index (χ0n) is 9.82. The van der Waals surface area contributed by atoms with E-state index < -0.39 is 7.82 Å². The van der Waals surface area contributed by atoms with Gasteiger partial charge in [0.2, 0.25) is 0 Å². The summed E-state index contributed by atoms with van der Waals surface area (Å²) in [5, 5.41) is 0.510. The van der Waals surface area contributed by atoms with Crippen LogP contribution in [0.5, 0.6) is 0 Å². The molecule has 0 aliphatic carbocycles. The van der Waals surface area contributed by atoms with E-state index in [0.717, 1.165) is 5.54 Å². The predicted octanol–water partition coefficient (Wildman–Crippen LogP) is 5.60. The van der Waals surface area contributed by atoms with Crippen molar-refractivity contribution in [1.82, 2.24) is 0 Å². The van der Waals surface area contributed by atoms with Crippen LogP contribution in [0.15, 0.2) is 17.7 Å². The molecule has 0 heterocycles. The van der Waals surface area contributed by atoms with Gasteiger partial charge in [-0.05, 0) is 12.1 Å². The second-order valence-electron chi connectivity index (χ2n) is 3.10. The minimum absolute atomic E-state index is 0.0164. The molecule has 0 amide bonds. The summed E-state index contributed by atoms with van der Waals surface area (Å²) in [7, 11) is -1.41. The van der Waals surface area contributed by atoms with Gasteiger partial charge in [-0.2, -0.15) is 0 Å². The lowest BCUT2D eigenvalue weighted by molar-refractivity contribution is 0.201. The highest BCUT2D eigenvalue weighted by atomic mass is 35.5. The molecule has 19 heavy (non-hydrogen) atoms. The Bertz CT molecular complexity index is 539. The summed E-state index contributed by atoms with van der Waals surface area (Å²) in [4.78, 5) is 0. The quantitative estimate of drug-likeness (QED) is 0.387. The summed E-state index contributed by atoms with van der Waals surface area (Å²) in [5.74, 6) is -0.0164. The summed E-state index contributed by atoms with van der Waals surface area (Å²) in [6.07, 6.45) is 0. The highest BCUT2D eigenvalue weighted by molar-refractivity contribution is 7.48. The molecule has 0 bridgehead atoms. The van der Waals surface area contributed by atoms with E-state index >= 15 is 0 Å². The maximum Gasteiger partial charge on any atom is 0.529 e. The Morgan fingerprint density at radius 3 is 2.21 bits per heavy atom. The normalized spacial score (nSPS) is 12.6. The van der Waals surface area contributed by atoms with Crippen LogP contribution in [0, 0.1) is 0 Å². The lowest BCUT2D eigenvalue weighted by Crippen LogP contribution is -1.96. The number of phosphoric acid groups is 1. The summed E-state index contributed by atoms with van der Waals surface area (Å²) in [5.41, 5.74) is 1.34. The van der Waals surface area contributed by atoms with E-state index in [-0.39, 0.29) is 20.8 Å². The highest BCUT2D eigenvalue weighted by Crippen LogP contribution is 2.52. The molecular weight excluding hydrogens is 357 g/mol. The van der Waals surface area contributed by atoms with Crippen molar-refractivity contribution in [2.75, 3.05) is 14.2 Å². The second-order valence-corrected chi connectivity index (χ2v) is 6.29. The van der Waals surface area contributed by atoms with Crippen LogP contribution in [-0.2, 0) is 18.1 Å². The molecule has 0 atom stereocenters. The first kappa shape index (κ1) is 17.1. The molecule has 0 saturated heterocycles. The molecular formula is C10H9Cl4O4P. The molecule has 0 unspecified atom stereocenters. The molecule has 1 rings (SSSR count). The molecule has 9 heteroatoms. The molecule has 0 saturated carbocycles. The van der Waals surface area contributed by atoms with Crippen LogP contribution in [0.3, 0.4) is 0 Å². The van der Waals surface area contributed by atoms with Crippen LogP contribution in [-0.4, -0.2) is 14.2 Å². The Hall–Kier alpha value is 0.0700. The Morgan fingerprint density at radius 2 is 1.74 bits per heavy atom. The number of halogens is 4. The third-order valence-corrected chi connectivity index (χ3v) is 4.86. The fourth-order valence-electron chi connectivity index (χ4n) is 1.11. The molecule has 4 nitrogen and oxygen atoms in total. The molecule has 0 radical (unpaired) electrons. The number of hydrogen-bond acceptors (Lipinski definition) is 4. The molecule has 0 N–H and O–H groups in total. The molecule has 0 aliphatic rings. The van der Waals surface area contributed by atoms with Crippen LogP contribution in [0.4, 0.5) is 0 Å². The van der Waals surface area contributed by atoms with Gasteiger partial charge in [0.1, 0.15) is 0 Å². The number of hydrogen-bond donors (Lipinski definition) is 0. The van der Waals surface area contributed by atoms with Crippen molar-refractivity contribution >= 4 is 60.0 Å². The van der Waals surface area contributed by atoms with Crippen LogP contribution < -0.4 is 0 Å². The molecule has 0 spiro atoms. The second kappa shape index (κ2) is 7.19. The van der Waals surface area contributed by atoms with Crippen LogP contribution in [0.2, 0.25) is 15.1 Å². The van der Waals surface area contributed by atoms with E-state index in [1.54, 1.807) is 0 Å². The number of rotatable bonds is 5. The summed E-state index contributed by atoms with van der Waals surface area (Å²) < 4.78 is 26.3. The topological polar surface area (TPSA) is 44.8 Å². The zero-order chi connectivity index (χ0) is 14.6. The average molecular weight is 366 g/mol. The van der Waals surface area contributed by atoms with E-state index in [2.05, 4.69) is 9.05 Å². The molecule has 1 aromatic carbocycles. The SMILES string of the molecule is COP(=O)(OC)OC(=CCl)c1ccc(Cl)c(Cl)c1Cl.